The van der Waals surface area contributed by atoms with E-state index in [-0.39, 0.29) is 78.3 Å². The molecule has 6 heteroatoms. The Kier molecular flexibility index (Phi) is 37.6. The number of allylic oxidation sites excluding steroid dienone is 1. The third-order valence-electron chi connectivity index (χ3n) is 0.314. The molecule has 0 aliphatic heterocycles. The van der Waals surface area contributed by atoms with Crippen molar-refractivity contribution in [2.24, 2.45) is 0 Å². The van der Waals surface area contributed by atoms with E-state index in [1.54, 1.807) is 6.07 Å². The first kappa shape index (κ1) is 22.5. The minimum absolute atomic E-state index is 0. The van der Waals surface area contributed by atoms with E-state index in [0.717, 1.165) is 0 Å². The number of hydrogen-bond acceptors (Lipinski definition) is 3. The molecule has 10 heavy (non-hydrogen) atoms. The van der Waals surface area contributed by atoms with Crippen LogP contribution in [0.2, 0.25) is 0 Å². The molecule has 0 unspecified atom stereocenters. The first-order valence-electron chi connectivity index (χ1n) is 1.37. The van der Waals surface area contributed by atoms with Crippen molar-refractivity contribution in [3.63, 3.8) is 0 Å². The molecule has 0 N–H and O–H groups in total. The summed E-state index contributed by atoms with van der Waals surface area (Å²) in [6.45, 7) is 6.20. The van der Waals surface area contributed by atoms with Crippen LogP contribution in [-0.4, -0.2) is 0 Å². The molecule has 2 nitrogen and oxygen atoms in total. The van der Waals surface area contributed by atoms with Crippen LogP contribution in [0.3, 0.4) is 0 Å². The van der Waals surface area contributed by atoms with E-state index in [1.165, 1.54) is 0 Å². The van der Waals surface area contributed by atoms with Crippen molar-refractivity contribution < 1.29 is 59.1 Å². The summed E-state index contributed by atoms with van der Waals surface area (Å²) in [4.78, 5) is 2.72. The van der Waals surface area contributed by atoms with Crippen molar-refractivity contribution in [3.05, 3.63) is 22.5 Å². The van der Waals surface area contributed by atoms with Gasteiger partial charge in [0, 0.05) is 0 Å². The van der Waals surface area contributed by atoms with Gasteiger partial charge in [0.2, 0.25) is 0 Å². The van der Waals surface area contributed by atoms with Gasteiger partial charge in [-0.05, 0) is 0 Å². The number of hydrogen-bond donors (Lipinski definition) is 0. The molecule has 0 rings (SSSR count). The van der Waals surface area contributed by atoms with E-state index < -0.39 is 0 Å². The molecular formula is C4HN2Na2S2-. The monoisotopic (exact) mass is 187 g/mol. The van der Waals surface area contributed by atoms with E-state index in [0.29, 0.717) is 0 Å². The van der Waals surface area contributed by atoms with E-state index in [2.05, 4.69) is 17.5 Å². The Labute approximate surface area is 117 Å². The van der Waals surface area contributed by atoms with Crippen LogP contribution in [0.25, 0.3) is 4.85 Å². The number of rotatable bonds is 0. The molecule has 0 bridgehead atoms. The summed E-state index contributed by atoms with van der Waals surface area (Å²) in [5.74, 6) is 0. The second-order valence-corrected chi connectivity index (χ2v) is 0.878. The zero-order valence-corrected chi connectivity index (χ0v) is 11.5. The minimum Gasteiger partial charge on any atom is -0.927 e. The molecule has 0 aromatic heterocycles. The summed E-state index contributed by atoms with van der Waals surface area (Å²) in [5, 5.41) is 9.88. The second-order valence-electron chi connectivity index (χ2n) is 0.674. The molecule has 0 spiro atoms. The maximum Gasteiger partial charge on any atom is 1.00 e. The topological polar surface area (TPSA) is 28.1 Å². The molecule has 0 fully saturated rings. The first-order valence-corrected chi connectivity index (χ1v) is 1.78. The summed E-state index contributed by atoms with van der Waals surface area (Å²) in [6.07, 6.45) is 0. The fraction of sp³-hybridized carbons (Fsp3) is 0. The quantitative estimate of drug-likeness (QED) is 0.124. The van der Waals surface area contributed by atoms with Gasteiger partial charge in [-0.1, -0.05) is 0 Å². The zero-order chi connectivity index (χ0) is 5.70. The number of nitriles is 1. The van der Waals surface area contributed by atoms with Crippen molar-refractivity contribution in [3.8, 4) is 6.07 Å². The van der Waals surface area contributed by atoms with Crippen molar-refractivity contribution in [2.45, 2.75) is 0 Å². The largest absolute Gasteiger partial charge is 1.00 e. The standard InChI is InChI=1S/C4N2S.2Na.H2S/c1-6-4(2-5)3-7;;;/h;;;1H2/q-2;2*+1;/p-1. The summed E-state index contributed by atoms with van der Waals surface area (Å²) >= 11 is 4.15. The smallest absolute Gasteiger partial charge is 0.927 e. The summed E-state index contributed by atoms with van der Waals surface area (Å²) < 4.78 is 0. The van der Waals surface area contributed by atoms with Crippen molar-refractivity contribution in [1.29, 1.82) is 5.26 Å². The van der Waals surface area contributed by atoms with Crippen LogP contribution in [-0.2, 0) is 26.1 Å². The van der Waals surface area contributed by atoms with Gasteiger partial charge < -0.3 is 36.8 Å². The van der Waals surface area contributed by atoms with E-state index in [1.807, 2.05) is 5.41 Å². The van der Waals surface area contributed by atoms with Crippen LogP contribution < -0.4 is 59.1 Å². The van der Waals surface area contributed by atoms with Gasteiger partial charge in [0.1, 0.15) is 0 Å². The Balaban J connectivity index is -0.0000000600. The van der Waals surface area contributed by atoms with Crippen molar-refractivity contribution in [2.75, 3.05) is 0 Å². The molecule has 0 saturated carbocycles. The third kappa shape index (κ3) is 12.0. The fourth-order valence-corrected chi connectivity index (χ4v) is 0.162. The average Bonchev–Trinajstić information content (AvgIpc) is 1.72. The Morgan fingerprint density at radius 2 is 2.00 bits per heavy atom. The Morgan fingerprint density at radius 3 is 2.00 bits per heavy atom. The molecule has 0 aromatic rings. The molecule has 0 aromatic carbocycles. The Bertz CT molecular complexity index is 151. The molecule has 0 saturated heterocycles. The Morgan fingerprint density at radius 1 is 1.60 bits per heavy atom. The summed E-state index contributed by atoms with van der Waals surface area (Å²) in [6, 6.07) is 1.55. The summed E-state index contributed by atoms with van der Waals surface area (Å²) in [7, 11) is 0. The van der Waals surface area contributed by atoms with Gasteiger partial charge in [0.25, 0.3) is 0 Å². The molecule has 0 aliphatic carbocycles. The predicted molar refractivity (Wildman–Crippen MR) is 35.1 cm³/mol. The first-order chi connectivity index (χ1) is 3.35. The van der Waals surface area contributed by atoms with Gasteiger partial charge in [0.05, 0.1) is 12.3 Å². The maximum atomic E-state index is 7.90. The Hall–Kier alpha value is 1.29. The normalized spacial score (nSPS) is 6.40. The van der Waals surface area contributed by atoms with E-state index in [4.69, 9.17) is 11.8 Å². The zero-order valence-electron chi connectivity index (χ0n) is 5.75. The summed E-state index contributed by atoms with van der Waals surface area (Å²) in [5.41, 5.74) is -0.157. The van der Waals surface area contributed by atoms with E-state index in [9.17, 15) is 0 Å². The fourth-order valence-electron chi connectivity index (χ4n) is 0.0706. The van der Waals surface area contributed by atoms with Crippen LogP contribution in [0.15, 0.2) is 5.70 Å². The third-order valence-corrected chi connectivity index (χ3v) is 0.508. The maximum absolute atomic E-state index is 7.90. The average molecular weight is 187 g/mol. The van der Waals surface area contributed by atoms with Crippen LogP contribution in [0.1, 0.15) is 0 Å². The number of thiol groups is 1. The molecule has 0 aliphatic rings. The van der Waals surface area contributed by atoms with Crippen molar-refractivity contribution >= 4 is 26.1 Å². The van der Waals surface area contributed by atoms with Gasteiger partial charge in [0.15, 0.2) is 0 Å². The van der Waals surface area contributed by atoms with Crippen molar-refractivity contribution in [1.82, 2.24) is 0 Å². The van der Waals surface area contributed by atoms with Crippen LogP contribution in [0, 0.1) is 23.3 Å². The molecule has 0 heterocycles. The van der Waals surface area contributed by atoms with Gasteiger partial charge in [-0.15, -0.1) is 0 Å². The van der Waals surface area contributed by atoms with Gasteiger partial charge >= 0.3 is 59.1 Å². The van der Waals surface area contributed by atoms with Crippen LogP contribution in [0.5, 0.6) is 0 Å². The number of nitrogens with zero attached hydrogens (tertiary/aromatic N) is 2. The molecule has 42 valence electrons. The molecular weight excluding hydrogens is 186 g/mol. The molecule has 0 atom stereocenters. The van der Waals surface area contributed by atoms with Gasteiger partial charge in [-0.3, -0.25) is 4.85 Å². The van der Waals surface area contributed by atoms with Crippen LogP contribution in [0.4, 0.5) is 0 Å². The minimum atomic E-state index is -0.157. The predicted octanol–water partition coefficient (Wildman–Crippen LogP) is -5.64. The second kappa shape index (κ2) is 16.7. The molecule has 0 radical (unpaired) electrons. The SMILES string of the molecule is [C-]#[N+]C(C#N)=[C-][S-].[Na+].[Na+].[SH-]. The van der Waals surface area contributed by atoms with Gasteiger partial charge in [-0.25, -0.2) is 0 Å². The van der Waals surface area contributed by atoms with E-state index >= 15 is 0 Å². The van der Waals surface area contributed by atoms with Crippen LogP contribution >= 0.6 is 0 Å². The van der Waals surface area contributed by atoms with Gasteiger partial charge in [-0.2, -0.15) is 6.07 Å². The molecule has 0 amide bonds.